The predicted octanol–water partition coefficient (Wildman–Crippen LogP) is 2.48. The number of hydrazone groups is 1. The smallest absolute Gasteiger partial charge is 0.280 e. The van der Waals surface area contributed by atoms with Crippen molar-refractivity contribution < 1.29 is 13.9 Å². The van der Waals surface area contributed by atoms with Gasteiger partial charge in [0.15, 0.2) is 6.10 Å². The van der Waals surface area contributed by atoms with Crippen LogP contribution in [0.1, 0.15) is 25.1 Å². The van der Waals surface area contributed by atoms with Crippen LogP contribution in [0.5, 0.6) is 5.75 Å². The number of carbonyl (C=O) groups excluding carboxylic acids is 1. The van der Waals surface area contributed by atoms with E-state index in [9.17, 15) is 9.18 Å². The Labute approximate surface area is 137 Å². The summed E-state index contributed by atoms with van der Waals surface area (Å²) in [5.74, 6) is -0.392. The van der Waals surface area contributed by atoms with Gasteiger partial charge in [0, 0.05) is 0 Å². The number of nitrogens with two attached hydrogens (primary N) is 1. The lowest BCUT2D eigenvalue weighted by molar-refractivity contribution is -0.127. The lowest BCUT2D eigenvalue weighted by Gasteiger charge is -2.13. The minimum atomic E-state index is -0.781. The average molecular weight is 336 g/mol. The fourth-order valence-corrected chi connectivity index (χ4v) is 2.60. The van der Waals surface area contributed by atoms with Crippen LogP contribution in [0.25, 0.3) is 0 Å². The van der Waals surface area contributed by atoms with Gasteiger partial charge < -0.3 is 10.5 Å². The molecule has 0 aliphatic carbocycles. The number of ether oxygens (including phenoxy) is 1. The minimum absolute atomic E-state index is 0.369. The molecule has 2 rings (SSSR count). The van der Waals surface area contributed by atoms with E-state index in [1.807, 2.05) is 6.92 Å². The second-order valence-electron chi connectivity index (χ2n) is 4.89. The number of hydrogen-bond acceptors (Lipinski definition) is 6. The Kier molecular flexibility index (Phi) is 5.28. The lowest BCUT2D eigenvalue weighted by atomic mass is 10.2. The average Bonchev–Trinajstić information content (AvgIpc) is 2.85. The highest BCUT2D eigenvalue weighted by Crippen LogP contribution is 2.21. The quantitative estimate of drug-likeness (QED) is 0.648. The molecule has 0 saturated heterocycles. The molecule has 1 aromatic heterocycles. The van der Waals surface area contributed by atoms with Crippen LogP contribution >= 0.6 is 11.5 Å². The van der Waals surface area contributed by atoms with Crippen LogP contribution in [0.3, 0.4) is 0 Å². The zero-order valence-electron chi connectivity index (χ0n) is 13.0. The molecule has 0 spiro atoms. The van der Waals surface area contributed by atoms with E-state index in [4.69, 9.17) is 10.5 Å². The summed E-state index contributed by atoms with van der Waals surface area (Å²) in [6.07, 6.45) is -0.781. The number of benzene rings is 1. The molecule has 122 valence electrons. The molecule has 23 heavy (non-hydrogen) atoms. The molecule has 0 bridgehead atoms. The molecule has 6 nitrogen and oxygen atoms in total. The van der Waals surface area contributed by atoms with Crippen LogP contribution < -0.4 is 15.9 Å². The number of nitrogens with zero attached hydrogens (tertiary/aromatic N) is 2. The maximum Gasteiger partial charge on any atom is 0.280 e. The normalized spacial score (nSPS) is 12.8. The first kappa shape index (κ1) is 16.9. The summed E-state index contributed by atoms with van der Waals surface area (Å²) in [6.45, 7) is 5.14. The van der Waals surface area contributed by atoms with Crippen LogP contribution in [0.4, 0.5) is 9.39 Å². The zero-order valence-corrected chi connectivity index (χ0v) is 13.8. The molecule has 8 heteroatoms. The van der Waals surface area contributed by atoms with Crippen molar-refractivity contribution in [2.24, 2.45) is 5.10 Å². The predicted molar refractivity (Wildman–Crippen MR) is 88.1 cm³/mol. The maximum atomic E-state index is 12.8. The largest absolute Gasteiger partial charge is 0.481 e. The van der Waals surface area contributed by atoms with Gasteiger partial charge in [-0.2, -0.15) is 9.47 Å². The summed E-state index contributed by atoms with van der Waals surface area (Å²) in [7, 11) is 0. The molecule has 0 unspecified atom stereocenters. The Bertz CT molecular complexity index is 708. The van der Waals surface area contributed by atoms with E-state index in [1.165, 1.54) is 35.8 Å². The summed E-state index contributed by atoms with van der Waals surface area (Å²) >= 11 is 1.18. The van der Waals surface area contributed by atoms with Gasteiger partial charge in [-0.3, -0.25) is 4.79 Å². The summed E-state index contributed by atoms with van der Waals surface area (Å²) in [4.78, 5) is 12.0. The van der Waals surface area contributed by atoms with Crippen molar-refractivity contribution in [3.05, 3.63) is 41.3 Å². The van der Waals surface area contributed by atoms with E-state index in [1.54, 1.807) is 13.8 Å². The number of aryl methyl sites for hydroxylation is 1. The van der Waals surface area contributed by atoms with Crippen LogP contribution in [0, 0.1) is 12.7 Å². The first-order chi connectivity index (χ1) is 10.9. The van der Waals surface area contributed by atoms with Crippen molar-refractivity contribution in [1.29, 1.82) is 0 Å². The molecule has 0 saturated carbocycles. The van der Waals surface area contributed by atoms with Gasteiger partial charge in [0.2, 0.25) is 0 Å². The first-order valence-electron chi connectivity index (χ1n) is 6.87. The molecule has 1 atom stereocenters. The lowest BCUT2D eigenvalue weighted by Crippen LogP contribution is -2.34. The van der Waals surface area contributed by atoms with E-state index in [0.29, 0.717) is 16.5 Å². The third-order valence-corrected chi connectivity index (χ3v) is 3.85. The second kappa shape index (κ2) is 7.19. The fraction of sp³-hybridized carbons (Fsp3) is 0.267. The number of hydrogen-bond donors (Lipinski definition) is 2. The third kappa shape index (κ3) is 4.26. The van der Waals surface area contributed by atoms with Crippen LogP contribution in [-0.4, -0.2) is 22.1 Å². The van der Waals surface area contributed by atoms with Crippen LogP contribution in [-0.2, 0) is 4.79 Å². The van der Waals surface area contributed by atoms with Gasteiger partial charge in [-0.25, -0.2) is 9.82 Å². The highest BCUT2D eigenvalue weighted by Gasteiger charge is 2.16. The summed E-state index contributed by atoms with van der Waals surface area (Å²) < 4.78 is 22.4. The number of halogens is 1. The van der Waals surface area contributed by atoms with Gasteiger partial charge in [0.25, 0.3) is 5.91 Å². The number of anilines is 1. The van der Waals surface area contributed by atoms with E-state index < -0.39 is 12.0 Å². The van der Waals surface area contributed by atoms with E-state index in [-0.39, 0.29) is 5.82 Å². The molecule has 1 heterocycles. The highest BCUT2D eigenvalue weighted by molar-refractivity contribution is 7.10. The zero-order chi connectivity index (χ0) is 17.0. The van der Waals surface area contributed by atoms with Crippen LogP contribution in [0.15, 0.2) is 29.4 Å². The monoisotopic (exact) mass is 336 g/mol. The van der Waals surface area contributed by atoms with Gasteiger partial charge in [-0.05, 0) is 56.6 Å². The van der Waals surface area contributed by atoms with Crippen LogP contribution in [0.2, 0.25) is 0 Å². The number of amides is 1. The Morgan fingerprint density at radius 3 is 2.65 bits per heavy atom. The van der Waals surface area contributed by atoms with Crippen molar-refractivity contribution in [1.82, 2.24) is 9.80 Å². The Hall–Kier alpha value is -2.48. The van der Waals surface area contributed by atoms with Gasteiger partial charge in [0.1, 0.15) is 16.6 Å². The molecule has 3 N–H and O–H groups in total. The summed E-state index contributed by atoms with van der Waals surface area (Å²) in [5.41, 5.74) is 10.3. The number of rotatable bonds is 5. The maximum absolute atomic E-state index is 12.8. The van der Waals surface area contributed by atoms with Gasteiger partial charge >= 0.3 is 0 Å². The summed E-state index contributed by atoms with van der Waals surface area (Å²) in [5, 5.41) is 4.58. The van der Waals surface area contributed by atoms with Gasteiger partial charge in [-0.1, -0.05) is 0 Å². The van der Waals surface area contributed by atoms with Crippen molar-refractivity contribution in [2.75, 3.05) is 5.73 Å². The third-order valence-electron chi connectivity index (χ3n) is 3.08. The number of aromatic nitrogens is 1. The van der Waals surface area contributed by atoms with E-state index in [2.05, 4.69) is 14.9 Å². The molecule has 1 aromatic carbocycles. The van der Waals surface area contributed by atoms with Crippen molar-refractivity contribution in [2.45, 2.75) is 26.9 Å². The van der Waals surface area contributed by atoms with Gasteiger partial charge in [0.05, 0.1) is 17.0 Å². The van der Waals surface area contributed by atoms with Crippen molar-refractivity contribution in [3.8, 4) is 5.75 Å². The molecule has 0 fully saturated rings. The molecular formula is C15H17FN4O2S. The molecule has 2 aromatic rings. The molecule has 1 amide bonds. The van der Waals surface area contributed by atoms with Crippen molar-refractivity contribution >= 4 is 28.2 Å². The molecular weight excluding hydrogens is 319 g/mol. The molecule has 0 radical (unpaired) electrons. The second-order valence-corrected chi connectivity index (χ2v) is 5.70. The molecule has 0 aliphatic heterocycles. The fourth-order valence-electron chi connectivity index (χ4n) is 1.88. The Morgan fingerprint density at radius 1 is 1.43 bits per heavy atom. The molecule has 0 aliphatic rings. The number of nitrogens with one attached hydrogen (secondary N) is 1. The van der Waals surface area contributed by atoms with E-state index in [0.717, 1.165) is 11.3 Å². The highest BCUT2D eigenvalue weighted by atomic mass is 32.1. The number of carbonyl (C=O) groups is 1. The Balaban J connectivity index is 1.98. The first-order valence-corrected chi connectivity index (χ1v) is 7.64. The van der Waals surface area contributed by atoms with Crippen molar-refractivity contribution in [3.63, 3.8) is 0 Å². The Morgan fingerprint density at radius 2 is 2.09 bits per heavy atom. The number of nitrogen functional groups attached to an aromatic ring is 1. The van der Waals surface area contributed by atoms with E-state index >= 15 is 0 Å². The van der Waals surface area contributed by atoms with Gasteiger partial charge in [-0.15, -0.1) is 0 Å². The topological polar surface area (TPSA) is 89.6 Å². The standard InChI is InChI=1S/C15H17FN4O2S/c1-8(13-9(2)20-23-14(13)17)18-19-15(21)10(3)22-12-6-4-11(16)5-7-12/h4-7,10H,17H2,1-3H3,(H,19,21)/b18-8-/t10-/m0/s1. The SMILES string of the molecule is C/C(=N/NC(=O)[C@H](C)Oc1ccc(F)cc1)c1c(C)nsc1N. The summed E-state index contributed by atoms with van der Waals surface area (Å²) in [6, 6.07) is 5.43. The minimum Gasteiger partial charge on any atom is -0.481 e.